The van der Waals surface area contributed by atoms with Crippen LogP contribution in [0.1, 0.15) is 26.1 Å². The fraction of sp³-hybridized carbons (Fsp3) is 0.438. The number of nitrogens with zero attached hydrogens (tertiary/aromatic N) is 2. The number of imidazole rings is 1. The van der Waals surface area contributed by atoms with E-state index in [4.69, 9.17) is 5.73 Å². The Morgan fingerprint density at radius 1 is 1.32 bits per heavy atom. The van der Waals surface area contributed by atoms with E-state index in [1.54, 1.807) is 0 Å². The van der Waals surface area contributed by atoms with Crippen LogP contribution >= 0.6 is 0 Å². The number of aromatic nitrogens is 2. The quantitative estimate of drug-likeness (QED) is 0.754. The SMILES string of the molecule is CC(C)C(=O)NCCCc1nc2ccccc2n1CC(N)=O. The number of benzene rings is 1. The molecule has 0 radical (unpaired) electrons. The van der Waals surface area contributed by atoms with Gasteiger partial charge in [0.05, 0.1) is 11.0 Å². The first-order valence-corrected chi connectivity index (χ1v) is 7.49. The Morgan fingerprint density at radius 2 is 2.05 bits per heavy atom. The van der Waals surface area contributed by atoms with Crippen molar-refractivity contribution in [2.75, 3.05) is 6.54 Å². The van der Waals surface area contributed by atoms with Crippen molar-refractivity contribution in [1.82, 2.24) is 14.9 Å². The highest BCUT2D eigenvalue weighted by Crippen LogP contribution is 2.16. The summed E-state index contributed by atoms with van der Waals surface area (Å²) < 4.78 is 1.85. The third-order valence-corrected chi connectivity index (χ3v) is 3.45. The monoisotopic (exact) mass is 302 g/mol. The molecule has 0 saturated heterocycles. The summed E-state index contributed by atoms with van der Waals surface area (Å²) in [7, 11) is 0. The predicted octanol–water partition coefficient (Wildman–Crippen LogP) is 1.23. The molecule has 0 aliphatic carbocycles. The lowest BCUT2D eigenvalue weighted by Gasteiger charge is -2.09. The minimum absolute atomic E-state index is 0.0144. The number of hydrogen-bond acceptors (Lipinski definition) is 3. The maximum Gasteiger partial charge on any atom is 0.237 e. The first-order chi connectivity index (χ1) is 10.5. The summed E-state index contributed by atoms with van der Waals surface area (Å²) in [5.74, 6) is 0.460. The number of rotatable bonds is 7. The third kappa shape index (κ3) is 3.84. The number of fused-ring (bicyclic) bond motifs is 1. The van der Waals surface area contributed by atoms with Gasteiger partial charge in [-0.05, 0) is 18.6 Å². The van der Waals surface area contributed by atoms with Crippen LogP contribution in [0.3, 0.4) is 0 Å². The van der Waals surface area contributed by atoms with Gasteiger partial charge in [0.2, 0.25) is 11.8 Å². The van der Waals surface area contributed by atoms with Gasteiger partial charge in [0, 0.05) is 18.9 Å². The molecule has 2 aromatic rings. The van der Waals surface area contributed by atoms with Gasteiger partial charge >= 0.3 is 0 Å². The van der Waals surface area contributed by atoms with Gasteiger partial charge < -0.3 is 15.6 Å². The van der Waals surface area contributed by atoms with Crippen molar-refractivity contribution >= 4 is 22.8 Å². The molecule has 1 heterocycles. The van der Waals surface area contributed by atoms with E-state index in [0.717, 1.165) is 23.3 Å². The zero-order chi connectivity index (χ0) is 16.1. The molecule has 1 aromatic carbocycles. The Balaban J connectivity index is 2.06. The second-order valence-electron chi connectivity index (χ2n) is 5.62. The lowest BCUT2D eigenvalue weighted by Crippen LogP contribution is -2.29. The lowest BCUT2D eigenvalue weighted by atomic mass is 10.2. The topological polar surface area (TPSA) is 90.0 Å². The summed E-state index contributed by atoms with van der Waals surface area (Å²) >= 11 is 0. The molecular weight excluding hydrogens is 280 g/mol. The van der Waals surface area contributed by atoms with E-state index < -0.39 is 5.91 Å². The molecule has 0 saturated carbocycles. The number of carbonyl (C=O) groups excluding carboxylic acids is 2. The molecule has 0 aliphatic heterocycles. The van der Waals surface area contributed by atoms with Gasteiger partial charge in [-0.1, -0.05) is 26.0 Å². The molecule has 3 N–H and O–H groups in total. The van der Waals surface area contributed by atoms with Crippen LogP contribution in [-0.4, -0.2) is 27.9 Å². The third-order valence-electron chi connectivity index (χ3n) is 3.45. The molecule has 2 rings (SSSR count). The average Bonchev–Trinajstić information content (AvgIpc) is 2.81. The minimum atomic E-state index is -0.391. The van der Waals surface area contributed by atoms with Gasteiger partial charge in [-0.2, -0.15) is 0 Å². The first kappa shape index (κ1) is 16.0. The van der Waals surface area contributed by atoms with Crippen LogP contribution in [0, 0.1) is 5.92 Å². The lowest BCUT2D eigenvalue weighted by molar-refractivity contribution is -0.124. The summed E-state index contributed by atoms with van der Waals surface area (Å²) in [4.78, 5) is 27.3. The smallest absolute Gasteiger partial charge is 0.237 e. The van der Waals surface area contributed by atoms with E-state index in [-0.39, 0.29) is 18.4 Å². The van der Waals surface area contributed by atoms with E-state index in [0.29, 0.717) is 13.0 Å². The number of amides is 2. The van der Waals surface area contributed by atoms with Crippen molar-refractivity contribution in [3.05, 3.63) is 30.1 Å². The number of hydrogen-bond donors (Lipinski definition) is 2. The highest BCUT2D eigenvalue weighted by molar-refractivity contribution is 5.80. The van der Waals surface area contributed by atoms with E-state index in [1.165, 1.54) is 0 Å². The molecule has 1 aromatic heterocycles. The van der Waals surface area contributed by atoms with Crippen molar-refractivity contribution in [2.45, 2.75) is 33.2 Å². The highest BCUT2D eigenvalue weighted by Gasteiger charge is 2.12. The summed E-state index contributed by atoms with van der Waals surface area (Å²) in [5, 5.41) is 2.88. The molecule has 0 unspecified atom stereocenters. The Morgan fingerprint density at radius 3 is 2.73 bits per heavy atom. The highest BCUT2D eigenvalue weighted by atomic mass is 16.2. The molecule has 22 heavy (non-hydrogen) atoms. The van der Waals surface area contributed by atoms with Crippen molar-refractivity contribution in [3.8, 4) is 0 Å². The first-order valence-electron chi connectivity index (χ1n) is 7.49. The largest absolute Gasteiger partial charge is 0.368 e. The number of nitrogens with one attached hydrogen (secondary N) is 1. The molecule has 0 atom stereocenters. The molecule has 0 bridgehead atoms. The van der Waals surface area contributed by atoms with Crippen LogP contribution in [0.2, 0.25) is 0 Å². The maximum absolute atomic E-state index is 11.5. The van der Waals surface area contributed by atoms with Gasteiger partial charge in [-0.15, -0.1) is 0 Å². The zero-order valence-electron chi connectivity index (χ0n) is 13.0. The van der Waals surface area contributed by atoms with Crippen LogP contribution in [0.15, 0.2) is 24.3 Å². The van der Waals surface area contributed by atoms with E-state index in [2.05, 4.69) is 10.3 Å². The van der Waals surface area contributed by atoms with Crippen LogP contribution in [0.25, 0.3) is 11.0 Å². The Labute approximate surface area is 129 Å². The van der Waals surface area contributed by atoms with Crippen LogP contribution in [-0.2, 0) is 22.6 Å². The molecule has 2 amide bonds. The second-order valence-corrected chi connectivity index (χ2v) is 5.62. The minimum Gasteiger partial charge on any atom is -0.368 e. The summed E-state index contributed by atoms with van der Waals surface area (Å²) in [5.41, 5.74) is 7.08. The Bertz CT molecular complexity index is 676. The van der Waals surface area contributed by atoms with Gasteiger partial charge in [-0.25, -0.2) is 4.98 Å². The van der Waals surface area contributed by atoms with Gasteiger partial charge in [0.15, 0.2) is 0 Å². The predicted molar refractivity (Wildman–Crippen MR) is 85.1 cm³/mol. The normalized spacial score (nSPS) is 11.0. The van der Waals surface area contributed by atoms with Crippen molar-refractivity contribution < 1.29 is 9.59 Å². The molecule has 118 valence electrons. The molecule has 0 aliphatic rings. The van der Waals surface area contributed by atoms with E-state index in [9.17, 15) is 9.59 Å². The van der Waals surface area contributed by atoms with Crippen LogP contribution in [0.5, 0.6) is 0 Å². The fourth-order valence-electron chi connectivity index (χ4n) is 2.31. The standard InChI is InChI=1S/C16H22N4O2/c1-11(2)16(22)18-9-5-8-15-19-12-6-3-4-7-13(12)20(15)10-14(17)21/h3-4,6-7,11H,5,8-10H2,1-2H3,(H2,17,21)(H,18,22). The van der Waals surface area contributed by atoms with Gasteiger partial charge in [0.25, 0.3) is 0 Å². The van der Waals surface area contributed by atoms with E-state index >= 15 is 0 Å². The van der Waals surface area contributed by atoms with Crippen LogP contribution < -0.4 is 11.1 Å². The fourth-order valence-corrected chi connectivity index (χ4v) is 2.31. The summed E-state index contributed by atoms with van der Waals surface area (Å²) in [6.07, 6.45) is 1.45. The molecule has 6 heteroatoms. The average molecular weight is 302 g/mol. The summed E-state index contributed by atoms with van der Waals surface area (Å²) in [6.45, 7) is 4.44. The van der Waals surface area contributed by atoms with Crippen molar-refractivity contribution in [3.63, 3.8) is 0 Å². The van der Waals surface area contributed by atoms with Crippen LogP contribution in [0.4, 0.5) is 0 Å². The molecule has 0 spiro atoms. The molecule has 0 fully saturated rings. The summed E-state index contributed by atoms with van der Waals surface area (Å²) in [6, 6.07) is 7.66. The number of carbonyl (C=O) groups is 2. The zero-order valence-corrected chi connectivity index (χ0v) is 13.0. The molecular formula is C16H22N4O2. The Hall–Kier alpha value is -2.37. The molecule has 6 nitrogen and oxygen atoms in total. The van der Waals surface area contributed by atoms with Gasteiger partial charge in [0.1, 0.15) is 12.4 Å². The number of para-hydroxylation sites is 2. The van der Waals surface area contributed by atoms with Crippen molar-refractivity contribution in [1.29, 1.82) is 0 Å². The number of primary amides is 1. The second kappa shape index (κ2) is 7.06. The van der Waals surface area contributed by atoms with E-state index in [1.807, 2.05) is 42.7 Å². The van der Waals surface area contributed by atoms with Gasteiger partial charge in [-0.3, -0.25) is 9.59 Å². The van der Waals surface area contributed by atoms with Crippen molar-refractivity contribution in [2.24, 2.45) is 11.7 Å². The maximum atomic E-state index is 11.5. The number of aryl methyl sites for hydroxylation is 1. The number of nitrogens with two attached hydrogens (primary N) is 1. The Kier molecular flexibility index (Phi) is 5.14.